The fourth-order valence-electron chi connectivity index (χ4n) is 2.24. The Labute approximate surface area is 143 Å². The molecule has 0 atom stereocenters. The van der Waals surface area contributed by atoms with Gasteiger partial charge >= 0.3 is 0 Å². The lowest BCUT2D eigenvalue weighted by molar-refractivity contribution is 0.416. The molecule has 3 nitrogen and oxygen atoms in total. The molecule has 0 aromatic heterocycles. The smallest absolute Gasteiger partial charge is 0.143 e. The zero-order valence-electron chi connectivity index (χ0n) is 14.4. The molecule has 122 valence electrons. The van der Waals surface area contributed by atoms with Gasteiger partial charge in [-0.1, -0.05) is 57.2 Å². The summed E-state index contributed by atoms with van der Waals surface area (Å²) in [6, 6.07) is 16.4. The first-order chi connectivity index (χ1) is 11.0. The fraction of sp³-hybridized carbons (Fsp3) is 0.316. The van der Waals surface area contributed by atoms with Crippen molar-refractivity contribution in [3.05, 3.63) is 48.5 Å². The molecule has 4 heteroatoms. The molecule has 23 heavy (non-hydrogen) atoms. The van der Waals surface area contributed by atoms with Crippen molar-refractivity contribution in [2.24, 2.45) is 10.5 Å². The van der Waals surface area contributed by atoms with E-state index in [4.69, 9.17) is 4.74 Å². The van der Waals surface area contributed by atoms with E-state index in [-0.39, 0.29) is 5.41 Å². The van der Waals surface area contributed by atoms with Gasteiger partial charge in [0.25, 0.3) is 0 Å². The quantitative estimate of drug-likeness (QED) is 0.457. The van der Waals surface area contributed by atoms with Crippen molar-refractivity contribution in [3.63, 3.8) is 0 Å². The standard InChI is InChI=1S/C19H24N2OS/c1-19(2,3)18(23-5)21-20-16-13-15(11-12-17(16)22-4)14-9-7-6-8-10-14/h6-13,20H,1-5H3. The molecule has 0 aliphatic heterocycles. The van der Waals surface area contributed by atoms with E-state index in [1.807, 2.05) is 30.5 Å². The van der Waals surface area contributed by atoms with Gasteiger partial charge in [0.1, 0.15) is 5.75 Å². The summed E-state index contributed by atoms with van der Waals surface area (Å²) in [5, 5.41) is 5.62. The van der Waals surface area contributed by atoms with Crippen LogP contribution in [0.1, 0.15) is 20.8 Å². The van der Waals surface area contributed by atoms with Gasteiger partial charge in [0.05, 0.1) is 17.8 Å². The second kappa shape index (κ2) is 7.55. The third-order valence-electron chi connectivity index (χ3n) is 3.42. The molecule has 0 saturated carbocycles. The summed E-state index contributed by atoms with van der Waals surface area (Å²) < 4.78 is 5.45. The van der Waals surface area contributed by atoms with Gasteiger partial charge in [0.15, 0.2) is 0 Å². The average Bonchev–Trinajstić information content (AvgIpc) is 2.55. The van der Waals surface area contributed by atoms with E-state index in [0.29, 0.717) is 0 Å². The number of thioether (sulfide) groups is 1. The molecule has 0 heterocycles. The van der Waals surface area contributed by atoms with Crippen molar-refractivity contribution in [1.29, 1.82) is 0 Å². The van der Waals surface area contributed by atoms with Crippen LogP contribution in [0.3, 0.4) is 0 Å². The van der Waals surface area contributed by atoms with E-state index in [9.17, 15) is 0 Å². The topological polar surface area (TPSA) is 33.6 Å². The van der Waals surface area contributed by atoms with E-state index in [1.165, 1.54) is 5.56 Å². The first kappa shape index (κ1) is 17.4. The van der Waals surface area contributed by atoms with Crippen LogP contribution in [0.2, 0.25) is 0 Å². The van der Waals surface area contributed by atoms with E-state index in [2.05, 4.69) is 55.6 Å². The molecular formula is C19H24N2OS. The highest BCUT2D eigenvalue weighted by molar-refractivity contribution is 8.13. The highest BCUT2D eigenvalue weighted by Crippen LogP contribution is 2.31. The van der Waals surface area contributed by atoms with Gasteiger partial charge in [-0.3, -0.25) is 5.43 Å². The summed E-state index contributed by atoms with van der Waals surface area (Å²) in [6.45, 7) is 6.46. The van der Waals surface area contributed by atoms with Crippen LogP contribution in [0.4, 0.5) is 5.69 Å². The maximum Gasteiger partial charge on any atom is 0.143 e. The van der Waals surface area contributed by atoms with Gasteiger partial charge in [-0.2, -0.15) is 5.10 Å². The molecule has 0 aliphatic carbocycles. The van der Waals surface area contributed by atoms with E-state index >= 15 is 0 Å². The summed E-state index contributed by atoms with van der Waals surface area (Å²) in [5.74, 6) is 0.780. The van der Waals surface area contributed by atoms with Crippen molar-refractivity contribution in [2.45, 2.75) is 20.8 Å². The fourth-order valence-corrected chi connectivity index (χ4v) is 2.99. The van der Waals surface area contributed by atoms with Gasteiger partial charge in [0.2, 0.25) is 0 Å². The van der Waals surface area contributed by atoms with E-state index in [1.54, 1.807) is 18.9 Å². The van der Waals surface area contributed by atoms with Crippen molar-refractivity contribution in [2.75, 3.05) is 18.8 Å². The molecule has 0 radical (unpaired) electrons. The van der Waals surface area contributed by atoms with Gasteiger partial charge in [0, 0.05) is 5.41 Å². The minimum Gasteiger partial charge on any atom is -0.495 e. The van der Waals surface area contributed by atoms with Gasteiger partial charge in [-0.15, -0.1) is 11.8 Å². The Hall–Kier alpha value is -1.94. The molecule has 0 spiro atoms. The Morgan fingerprint density at radius 2 is 1.74 bits per heavy atom. The normalized spacial score (nSPS) is 12.1. The van der Waals surface area contributed by atoms with Crippen molar-refractivity contribution in [3.8, 4) is 16.9 Å². The number of hydrogen-bond donors (Lipinski definition) is 1. The largest absolute Gasteiger partial charge is 0.495 e. The molecule has 0 aliphatic rings. The lowest BCUT2D eigenvalue weighted by atomic mass is 9.99. The number of nitrogens with one attached hydrogen (secondary N) is 1. The Morgan fingerprint density at radius 3 is 2.30 bits per heavy atom. The second-order valence-corrected chi connectivity index (χ2v) is 7.06. The summed E-state index contributed by atoms with van der Waals surface area (Å²) in [6.07, 6.45) is 2.05. The van der Waals surface area contributed by atoms with Gasteiger partial charge in [-0.25, -0.2) is 0 Å². The van der Waals surface area contributed by atoms with E-state index in [0.717, 1.165) is 22.0 Å². The molecule has 0 unspecified atom stereocenters. The number of anilines is 1. The summed E-state index contributed by atoms with van der Waals surface area (Å²) in [5.41, 5.74) is 6.35. The van der Waals surface area contributed by atoms with Crippen LogP contribution in [-0.4, -0.2) is 18.4 Å². The number of ether oxygens (including phenoxy) is 1. The van der Waals surface area contributed by atoms with Crippen LogP contribution in [-0.2, 0) is 0 Å². The number of nitrogens with zero attached hydrogens (tertiary/aromatic N) is 1. The maximum atomic E-state index is 5.45. The molecule has 2 aromatic rings. The number of methoxy groups -OCH3 is 1. The minimum absolute atomic E-state index is 0.0106. The second-order valence-electron chi connectivity index (χ2n) is 6.26. The Balaban J connectivity index is 2.35. The predicted molar refractivity (Wildman–Crippen MR) is 102 cm³/mol. The molecule has 0 amide bonds. The van der Waals surface area contributed by atoms with Crippen LogP contribution >= 0.6 is 11.8 Å². The van der Waals surface area contributed by atoms with Crippen LogP contribution in [0.5, 0.6) is 5.75 Å². The maximum absolute atomic E-state index is 5.45. The molecule has 0 fully saturated rings. The lowest BCUT2D eigenvalue weighted by Gasteiger charge is -2.20. The Bertz CT molecular complexity index is 676. The lowest BCUT2D eigenvalue weighted by Crippen LogP contribution is -2.18. The van der Waals surface area contributed by atoms with Crippen LogP contribution in [0.15, 0.2) is 53.6 Å². The number of hydrazone groups is 1. The Kier molecular flexibility index (Phi) is 5.72. The molecule has 1 N–H and O–H groups in total. The molecular weight excluding hydrogens is 304 g/mol. The minimum atomic E-state index is 0.0106. The number of benzene rings is 2. The number of rotatable bonds is 4. The van der Waals surface area contributed by atoms with Crippen molar-refractivity contribution < 1.29 is 4.74 Å². The van der Waals surface area contributed by atoms with Crippen LogP contribution in [0, 0.1) is 5.41 Å². The predicted octanol–water partition coefficient (Wildman–Crippen LogP) is 5.50. The molecule has 2 aromatic carbocycles. The van der Waals surface area contributed by atoms with E-state index < -0.39 is 0 Å². The first-order valence-corrected chi connectivity index (χ1v) is 8.80. The van der Waals surface area contributed by atoms with Gasteiger partial charge < -0.3 is 4.74 Å². The average molecular weight is 328 g/mol. The zero-order valence-corrected chi connectivity index (χ0v) is 15.2. The van der Waals surface area contributed by atoms with Crippen molar-refractivity contribution in [1.82, 2.24) is 0 Å². The van der Waals surface area contributed by atoms with Crippen LogP contribution in [0.25, 0.3) is 11.1 Å². The van der Waals surface area contributed by atoms with Gasteiger partial charge in [-0.05, 0) is 29.5 Å². The number of hydrogen-bond acceptors (Lipinski definition) is 4. The van der Waals surface area contributed by atoms with Crippen molar-refractivity contribution >= 4 is 22.5 Å². The molecule has 0 bridgehead atoms. The SMILES string of the molecule is COc1ccc(-c2ccccc2)cc1NN=C(SC)C(C)(C)C. The Morgan fingerprint density at radius 1 is 1.04 bits per heavy atom. The highest BCUT2D eigenvalue weighted by Gasteiger charge is 2.18. The third kappa shape index (κ3) is 4.52. The monoisotopic (exact) mass is 328 g/mol. The highest BCUT2D eigenvalue weighted by atomic mass is 32.2. The third-order valence-corrected chi connectivity index (χ3v) is 4.51. The molecule has 0 saturated heterocycles. The summed E-state index contributed by atoms with van der Waals surface area (Å²) in [4.78, 5) is 0. The molecule has 2 rings (SSSR count). The zero-order chi connectivity index (χ0) is 16.9. The summed E-state index contributed by atoms with van der Waals surface area (Å²) in [7, 11) is 1.67. The van der Waals surface area contributed by atoms with Crippen LogP contribution < -0.4 is 10.2 Å². The summed E-state index contributed by atoms with van der Waals surface area (Å²) >= 11 is 1.66. The first-order valence-electron chi connectivity index (χ1n) is 7.57.